The van der Waals surface area contributed by atoms with Crippen LogP contribution in [0.3, 0.4) is 0 Å². The monoisotopic (exact) mass is 386 g/mol. The molecule has 6 heteroatoms. The summed E-state index contributed by atoms with van der Waals surface area (Å²) in [5.41, 5.74) is 6.23. The Hall–Kier alpha value is -3.67. The average molecular weight is 386 g/mol. The Labute approximate surface area is 169 Å². The molecule has 0 atom stereocenters. The predicted molar refractivity (Wildman–Crippen MR) is 113 cm³/mol. The van der Waals surface area contributed by atoms with Crippen molar-refractivity contribution in [2.75, 3.05) is 12.4 Å². The minimum atomic E-state index is -0.104. The second-order valence-electron chi connectivity index (χ2n) is 7.03. The molecule has 0 aliphatic rings. The van der Waals surface area contributed by atoms with Gasteiger partial charge in [0.2, 0.25) is 5.91 Å². The SMILES string of the molecule is COc1ccc2cc(NC(=O)Cc3ccc(-c4ccnc(C)c4)c(C)c3)nn2c1. The second-order valence-corrected chi connectivity index (χ2v) is 7.03. The van der Waals surface area contributed by atoms with Crippen molar-refractivity contribution in [3.8, 4) is 16.9 Å². The van der Waals surface area contributed by atoms with Crippen LogP contribution in [0.1, 0.15) is 16.8 Å². The van der Waals surface area contributed by atoms with Gasteiger partial charge in [0.25, 0.3) is 0 Å². The first-order valence-corrected chi connectivity index (χ1v) is 9.37. The molecule has 0 bridgehead atoms. The molecule has 0 aliphatic carbocycles. The molecule has 0 saturated carbocycles. The fourth-order valence-corrected chi connectivity index (χ4v) is 3.39. The topological polar surface area (TPSA) is 68.5 Å². The molecule has 6 nitrogen and oxygen atoms in total. The largest absolute Gasteiger partial charge is 0.495 e. The van der Waals surface area contributed by atoms with E-state index in [1.165, 1.54) is 0 Å². The number of fused-ring (bicyclic) bond motifs is 1. The number of aryl methyl sites for hydroxylation is 2. The number of hydrogen-bond donors (Lipinski definition) is 1. The summed E-state index contributed by atoms with van der Waals surface area (Å²) in [5, 5.41) is 7.25. The van der Waals surface area contributed by atoms with Gasteiger partial charge in [-0.15, -0.1) is 5.10 Å². The third-order valence-electron chi connectivity index (χ3n) is 4.80. The van der Waals surface area contributed by atoms with Gasteiger partial charge in [0.1, 0.15) is 5.75 Å². The zero-order valence-corrected chi connectivity index (χ0v) is 16.6. The zero-order chi connectivity index (χ0) is 20.4. The quantitative estimate of drug-likeness (QED) is 0.558. The third-order valence-corrected chi connectivity index (χ3v) is 4.80. The molecule has 146 valence electrons. The van der Waals surface area contributed by atoms with Crippen LogP contribution in [-0.2, 0) is 11.2 Å². The summed E-state index contributed by atoms with van der Waals surface area (Å²) in [6, 6.07) is 15.8. The Morgan fingerprint density at radius 1 is 1.10 bits per heavy atom. The van der Waals surface area contributed by atoms with Gasteiger partial charge in [-0.25, -0.2) is 4.52 Å². The smallest absolute Gasteiger partial charge is 0.229 e. The molecular weight excluding hydrogens is 364 g/mol. The van der Waals surface area contributed by atoms with Crippen LogP contribution in [0.25, 0.3) is 16.6 Å². The first kappa shape index (κ1) is 18.7. The molecule has 3 aromatic heterocycles. The molecule has 1 N–H and O–H groups in total. The molecule has 1 aromatic carbocycles. The number of aromatic nitrogens is 3. The van der Waals surface area contributed by atoms with Crippen LogP contribution >= 0.6 is 0 Å². The number of amides is 1. The van der Waals surface area contributed by atoms with E-state index in [0.29, 0.717) is 11.6 Å². The number of methoxy groups -OCH3 is 1. The van der Waals surface area contributed by atoms with Gasteiger partial charge in [-0.05, 0) is 60.4 Å². The summed E-state index contributed by atoms with van der Waals surface area (Å²) in [6.07, 6.45) is 3.87. The number of rotatable bonds is 5. The number of ether oxygens (including phenoxy) is 1. The van der Waals surface area contributed by atoms with Crippen LogP contribution in [0.5, 0.6) is 5.75 Å². The molecule has 0 unspecified atom stereocenters. The number of anilines is 1. The molecule has 1 amide bonds. The molecular formula is C23H22N4O2. The van der Waals surface area contributed by atoms with Crippen LogP contribution in [0.15, 0.2) is 60.9 Å². The normalized spacial score (nSPS) is 10.9. The van der Waals surface area contributed by atoms with Gasteiger partial charge in [-0.3, -0.25) is 9.78 Å². The maximum Gasteiger partial charge on any atom is 0.229 e. The number of hydrogen-bond acceptors (Lipinski definition) is 4. The van der Waals surface area contributed by atoms with E-state index in [2.05, 4.69) is 40.5 Å². The van der Waals surface area contributed by atoms with Crippen LogP contribution in [0.2, 0.25) is 0 Å². The van der Waals surface area contributed by atoms with E-state index in [-0.39, 0.29) is 12.3 Å². The molecule has 4 rings (SSSR count). The van der Waals surface area contributed by atoms with Crippen molar-refractivity contribution < 1.29 is 9.53 Å². The minimum Gasteiger partial charge on any atom is -0.495 e. The second kappa shape index (κ2) is 7.75. The highest BCUT2D eigenvalue weighted by atomic mass is 16.5. The average Bonchev–Trinajstić information content (AvgIpc) is 3.09. The van der Waals surface area contributed by atoms with Crippen LogP contribution in [-0.4, -0.2) is 27.6 Å². The summed E-state index contributed by atoms with van der Waals surface area (Å²) in [6.45, 7) is 4.04. The first-order chi connectivity index (χ1) is 14.0. The van der Waals surface area contributed by atoms with E-state index in [1.807, 2.05) is 43.5 Å². The van der Waals surface area contributed by atoms with Gasteiger partial charge < -0.3 is 10.1 Å². The lowest BCUT2D eigenvalue weighted by Crippen LogP contribution is -2.14. The van der Waals surface area contributed by atoms with Gasteiger partial charge in [0.05, 0.1) is 25.2 Å². The van der Waals surface area contributed by atoms with Crippen molar-refractivity contribution in [1.29, 1.82) is 0 Å². The number of pyridine rings is 2. The van der Waals surface area contributed by atoms with Crippen LogP contribution < -0.4 is 10.1 Å². The standard InChI is InChI=1S/C23H22N4O2/c1-15-10-17(4-7-21(15)18-8-9-24-16(2)11-18)12-23(28)25-22-13-19-5-6-20(29-3)14-27(19)26-22/h4-11,13-14H,12H2,1-3H3,(H,25,26,28). The van der Waals surface area contributed by atoms with Gasteiger partial charge >= 0.3 is 0 Å². The van der Waals surface area contributed by atoms with Crippen LogP contribution in [0.4, 0.5) is 5.82 Å². The van der Waals surface area contributed by atoms with Gasteiger partial charge in [0.15, 0.2) is 5.82 Å². The van der Waals surface area contributed by atoms with Crippen molar-refractivity contribution in [2.45, 2.75) is 20.3 Å². The Kier molecular flexibility index (Phi) is 4.99. The first-order valence-electron chi connectivity index (χ1n) is 9.37. The lowest BCUT2D eigenvalue weighted by Gasteiger charge is -2.09. The van der Waals surface area contributed by atoms with Crippen molar-refractivity contribution in [2.24, 2.45) is 0 Å². The summed E-state index contributed by atoms with van der Waals surface area (Å²) >= 11 is 0. The number of nitrogens with one attached hydrogen (secondary N) is 1. The van der Waals surface area contributed by atoms with Gasteiger partial charge in [-0.1, -0.05) is 18.2 Å². The molecule has 0 fully saturated rings. The molecule has 29 heavy (non-hydrogen) atoms. The third kappa shape index (κ3) is 4.11. The van der Waals surface area contributed by atoms with Gasteiger partial charge in [0, 0.05) is 18.0 Å². The van der Waals surface area contributed by atoms with Crippen molar-refractivity contribution in [1.82, 2.24) is 14.6 Å². The Bertz CT molecular complexity index is 1200. The molecule has 0 spiro atoms. The van der Waals surface area contributed by atoms with Crippen LogP contribution in [0, 0.1) is 13.8 Å². The number of benzene rings is 1. The summed E-state index contributed by atoms with van der Waals surface area (Å²) in [5.74, 6) is 1.12. The van der Waals surface area contributed by atoms with E-state index in [4.69, 9.17) is 4.74 Å². The zero-order valence-electron chi connectivity index (χ0n) is 16.6. The Morgan fingerprint density at radius 2 is 1.97 bits per heavy atom. The van der Waals surface area contributed by atoms with E-state index in [0.717, 1.165) is 33.5 Å². The van der Waals surface area contributed by atoms with Crippen molar-refractivity contribution in [3.63, 3.8) is 0 Å². The molecule has 0 radical (unpaired) electrons. The van der Waals surface area contributed by atoms with E-state index in [1.54, 1.807) is 17.8 Å². The van der Waals surface area contributed by atoms with E-state index in [9.17, 15) is 4.79 Å². The summed E-state index contributed by atoms with van der Waals surface area (Å²) < 4.78 is 6.88. The van der Waals surface area contributed by atoms with E-state index >= 15 is 0 Å². The molecule has 0 aliphatic heterocycles. The fraction of sp³-hybridized carbons (Fsp3) is 0.174. The molecule has 0 saturated heterocycles. The maximum atomic E-state index is 12.5. The summed E-state index contributed by atoms with van der Waals surface area (Å²) in [7, 11) is 1.61. The van der Waals surface area contributed by atoms with Crippen molar-refractivity contribution >= 4 is 17.2 Å². The molecule has 3 heterocycles. The predicted octanol–water partition coefficient (Wildman–Crippen LogP) is 4.20. The van der Waals surface area contributed by atoms with Gasteiger partial charge in [-0.2, -0.15) is 0 Å². The lowest BCUT2D eigenvalue weighted by molar-refractivity contribution is -0.115. The number of carbonyl (C=O) groups is 1. The number of nitrogens with zero attached hydrogens (tertiary/aromatic N) is 3. The Morgan fingerprint density at radius 3 is 2.72 bits per heavy atom. The minimum absolute atomic E-state index is 0.104. The highest BCUT2D eigenvalue weighted by Crippen LogP contribution is 2.25. The summed E-state index contributed by atoms with van der Waals surface area (Å²) in [4.78, 5) is 16.7. The van der Waals surface area contributed by atoms with E-state index < -0.39 is 0 Å². The fourth-order valence-electron chi connectivity index (χ4n) is 3.39. The Balaban J connectivity index is 1.48. The lowest BCUT2D eigenvalue weighted by atomic mass is 9.97. The highest BCUT2D eigenvalue weighted by molar-refractivity contribution is 5.92. The number of carbonyl (C=O) groups excluding carboxylic acids is 1. The highest BCUT2D eigenvalue weighted by Gasteiger charge is 2.10. The molecule has 4 aromatic rings. The van der Waals surface area contributed by atoms with Crippen molar-refractivity contribution in [3.05, 3.63) is 77.7 Å². The maximum absolute atomic E-state index is 12.5.